The summed E-state index contributed by atoms with van der Waals surface area (Å²) in [6.07, 6.45) is 9.76. The summed E-state index contributed by atoms with van der Waals surface area (Å²) < 4.78 is 5.25. The molecule has 0 spiro atoms. The molecule has 8 nitrogen and oxygen atoms in total. The van der Waals surface area contributed by atoms with Gasteiger partial charge in [-0.2, -0.15) is 5.10 Å². The fraction of sp³-hybridized carbons (Fsp3) is 0.417. The highest BCUT2D eigenvalue weighted by molar-refractivity contribution is 8.00. The molecule has 2 heterocycles. The maximum atomic E-state index is 12.1. The third-order valence-electron chi connectivity index (χ3n) is 5.38. The number of aldehydes is 1. The van der Waals surface area contributed by atoms with Gasteiger partial charge < -0.3 is 15.8 Å². The van der Waals surface area contributed by atoms with E-state index in [0.717, 1.165) is 29.2 Å². The lowest BCUT2D eigenvalue weighted by molar-refractivity contribution is 0.112. The summed E-state index contributed by atoms with van der Waals surface area (Å²) in [5, 5.41) is 8.03. The zero-order chi connectivity index (χ0) is 23.8. The Bertz CT molecular complexity index is 1030. The number of benzene rings is 1. The molecule has 4 N–H and O–H groups in total. The first-order chi connectivity index (χ1) is 16.0. The lowest BCUT2D eigenvalue weighted by atomic mass is 9.87. The molecule has 0 amide bonds. The van der Waals surface area contributed by atoms with E-state index in [1.807, 2.05) is 49.7 Å². The molecule has 176 valence electrons. The highest BCUT2D eigenvalue weighted by Gasteiger charge is 2.26. The Hall–Kier alpha value is -2.91. The Balaban J connectivity index is 0.00000149. The first-order valence-corrected chi connectivity index (χ1v) is 12.1. The topological polar surface area (TPSA) is 111 Å². The maximum Gasteiger partial charge on any atom is 0.156 e. The van der Waals surface area contributed by atoms with Gasteiger partial charge in [0.2, 0.25) is 0 Å². The van der Waals surface area contributed by atoms with E-state index in [4.69, 9.17) is 5.10 Å². The average molecular weight is 468 g/mol. The number of rotatable bonds is 8. The summed E-state index contributed by atoms with van der Waals surface area (Å²) >= 11 is 1.76. The number of nitrogens with two attached hydrogens (primary N) is 1. The average Bonchev–Trinajstić information content (AvgIpc) is 3.16. The minimum absolute atomic E-state index is 0.333. The highest BCUT2D eigenvalue weighted by Crippen LogP contribution is 2.34. The molecule has 0 aliphatic heterocycles. The second-order valence-electron chi connectivity index (χ2n) is 8.81. The summed E-state index contributed by atoms with van der Waals surface area (Å²) in [6, 6.07) is 8.06. The predicted octanol–water partition coefficient (Wildman–Crippen LogP) is 5.09. The van der Waals surface area contributed by atoms with Crippen molar-refractivity contribution < 1.29 is 4.79 Å². The summed E-state index contributed by atoms with van der Waals surface area (Å²) in [7, 11) is 1.50. The van der Waals surface area contributed by atoms with E-state index in [1.165, 1.54) is 26.3 Å². The summed E-state index contributed by atoms with van der Waals surface area (Å²) in [5.41, 5.74) is 7.25. The number of carbonyl (C=O) groups is 1. The smallest absolute Gasteiger partial charge is 0.156 e. The quantitative estimate of drug-likeness (QED) is 0.310. The summed E-state index contributed by atoms with van der Waals surface area (Å²) in [5.74, 6) is 3.17. The van der Waals surface area contributed by atoms with Crippen molar-refractivity contribution in [1.29, 1.82) is 0 Å². The fourth-order valence-electron chi connectivity index (χ4n) is 3.44. The van der Waals surface area contributed by atoms with E-state index in [-0.39, 0.29) is 5.54 Å². The predicted molar refractivity (Wildman–Crippen MR) is 137 cm³/mol. The van der Waals surface area contributed by atoms with Crippen LogP contribution in [0.3, 0.4) is 0 Å². The number of aromatic nitrogens is 4. The van der Waals surface area contributed by atoms with Crippen LogP contribution in [0.5, 0.6) is 0 Å². The minimum atomic E-state index is -0.333. The van der Waals surface area contributed by atoms with Crippen LogP contribution >= 0.6 is 11.9 Å². The number of hydrogen-bond donors (Lipinski definition) is 3. The van der Waals surface area contributed by atoms with Gasteiger partial charge in [0.25, 0.3) is 0 Å². The Kier molecular flexibility index (Phi) is 8.46. The highest BCUT2D eigenvalue weighted by atomic mass is 32.2. The largest absolute Gasteiger partial charge is 0.333 e. The first kappa shape index (κ1) is 24.7. The van der Waals surface area contributed by atoms with Crippen LogP contribution in [-0.4, -0.2) is 38.8 Å². The number of nitrogens with zero attached hydrogens (tertiary/aromatic N) is 4. The second-order valence-corrected chi connectivity index (χ2v) is 9.64. The molecular weight excluding hydrogens is 434 g/mol. The Labute approximate surface area is 199 Å². The summed E-state index contributed by atoms with van der Waals surface area (Å²) in [6.45, 7) is 6.14. The van der Waals surface area contributed by atoms with Gasteiger partial charge in [0.05, 0.1) is 17.3 Å². The Morgan fingerprint density at radius 1 is 1.18 bits per heavy atom. The number of anilines is 3. The van der Waals surface area contributed by atoms with Gasteiger partial charge in [0, 0.05) is 29.4 Å². The van der Waals surface area contributed by atoms with E-state index in [2.05, 4.69) is 25.7 Å². The van der Waals surface area contributed by atoms with E-state index in [0.29, 0.717) is 22.9 Å². The van der Waals surface area contributed by atoms with Gasteiger partial charge in [-0.1, -0.05) is 30.5 Å². The monoisotopic (exact) mass is 467 g/mol. The van der Waals surface area contributed by atoms with E-state index in [1.54, 1.807) is 30.5 Å². The number of nitrogens with one attached hydrogen (secondary N) is 2. The van der Waals surface area contributed by atoms with Crippen molar-refractivity contribution in [3.8, 4) is 11.3 Å². The first-order valence-electron chi connectivity index (χ1n) is 11.1. The van der Waals surface area contributed by atoms with Crippen LogP contribution in [0.2, 0.25) is 0 Å². The van der Waals surface area contributed by atoms with Crippen molar-refractivity contribution in [3.05, 3.63) is 48.4 Å². The van der Waals surface area contributed by atoms with Crippen molar-refractivity contribution >= 4 is 35.6 Å². The fourth-order valence-corrected chi connectivity index (χ4v) is 4.40. The van der Waals surface area contributed by atoms with Crippen LogP contribution in [-0.2, 0) is 5.54 Å². The molecule has 1 saturated carbocycles. The minimum Gasteiger partial charge on any atom is -0.333 e. The Morgan fingerprint density at radius 3 is 2.45 bits per heavy atom. The van der Waals surface area contributed by atoms with Crippen molar-refractivity contribution in [1.82, 2.24) is 19.7 Å². The van der Waals surface area contributed by atoms with Crippen LogP contribution in [0.15, 0.2) is 42.9 Å². The normalized spacial score (nSPS) is 13.5. The molecule has 9 heteroatoms. The maximum absolute atomic E-state index is 12.1. The van der Waals surface area contributed by atoms with Crippen molar-refractivity contribution in [3.63, 3.8) is 0 Å². The molecular formula is C24H33N7OS. The van der Waals surface area contributed by atoms with Crippen LogP contribution in [0.4, 0.5) is 17.3 Å². The standard InChI is InChI=1S/C23H28N6OS.CH5N/c1-23(2,3)29-22(26-20-13-24-11-12-25-20)19(14-30)21(27-29)17-7-9-18(10-8-17)28-31-15-16-5-4-6-16;1-2/h7-14,16,28H,4-6,15H2,1-3H3,(H,25,26);2H2,1H3. The van der Waals surface area contributed by atoms with E-state index in [9.17, 15) is 4.79 Å². The van der Waals surface area contributed by atoms with Crippen LogP contribution in [0.1, 0.15) is 50.4 Å². The number of hydrogen-bond acceptors (Lipinski definition) is 8. The molecule has 0 bridgehead atoms. The third kappa shape index (κ3) is 6.11. The van der Waals surface area contributed by atoms with Crippen molar-refractivity contribution in [2.24, 2.45) is 11.7 Å². The molecule has 0 atom stereocenters. The Morgan fingerprint density at radius 2 is 1.91 bits per heavy atom. The van der Waals surface area contributed by atoms with Gasteiger partial charge >= 0.3 is 0 Å². The van der Waals surface area contributed by atoms with Gasteiger partial charge in [0.1, 0.15) is 17.3 Å². The van der Waals surface area contributed by atoms with E-state index >= 15 is 0 Å². The molecule has 0 saturated heterocycles. The van der Waals surface area contributed by atoms with Gasteiger partial charge in [-0.05, 0) is 58.7 Å². The van der Waals surface area contributed by atoms with Crippen LogP contribution in [0.25, 0.3) is 11.3 Å². The summed E-state index contributed by atoms with van der Waals surface area (Å²) in [4.78, 5) is 20.5. The number of carbonyl (C=O) groups excluding carboxylic acids is 1. The lowest BCUT2D eigenvalue weighted by Gasteiger charge is -2.24. The van der Waals surface area contributed by atoms with Crippen LogP contribution in [0, 0.1) is 5.92 Å². The van der Waals surface area contributed by atoms with Gasteiger partial charge in [-0.25, -0.2) is 9.67 Å². The van der Waals surface area contributed by atoms with E-state index < -0.39 is 0 Å². The van der Waals surface area contributed by atoms with Gasteiger partial charge in [-0.3, -0.25) is 9.78 Å². The third-order valence-corrected chi connectivity index (χ3v) is 6.40. The molecule has 3 aromatic rings. The molecule has 33 heavy (non-hydrogen) atoms. The second kappa shape index (κ2) is 11.3. The van der Waals surface area contributed by atoms with Gasteiger partial charge in [0.15, 0.2) is 6.29 Å². The van der Waals surface area contributed by atoms with Crippen molar-refractivity contribution in [2.75, 3.05) is 22.8 Å². The molecule has 0 unspecified atom stereocenters. The molecule has 1 aromatic carbocycles. The molecule has 1 aliphatic carbocycles. The van der Waals surface area contributed by atoms with Gasteiger partial charge in [-0.15, -0.1) is 0 Å². The molecule has 4 rings (SSSR count). The van der Waals surface area contributed by atoms with Crippen molar-refractivity contribution in [2.45, 2.75) is 45.6 Å². The molecule has 1 fully saturated rings. The zero-order valence-corrected chi connectivity index (χ0v) is 20.5. The molecule has 2 aromatic heterocycles. The van der Waals surface area contributed by atoms with Crippen LogP contribution < -0.4 is 15.8 Å². The lowest BCUT2D eigenvalue weighted by Crippen LogP contribution is -2.25. The molecule has 1 aliphatic rings. The zero-order valence-electron chi connectivity index (χ0n) is 19.7. The molecule has 0 radical (unpaired) electrons. The SMILES string of the molecule is CC(C)(C)n1nc(-c2ccc(NSCC3CCC3)cc2)c(C=O)c1Nc1cnccn1.CN.